The quantitative estimate of drug-likeness (QED) is 0.690. The fourth-order valence-electron chi connectivity index (χ4n) is 1.86. The van der Waals surface area contributed by atoms with Crippen LogP contribution in [0.1, 0.15) is 45.4 Å². The van der Waals surface area contributed by atoms with E-state index in [4.69, 9.17) is 0 Å². The summed E-state index contributed by atoms with van der Waals surface area (Å²) in [6, 6.07) is 0.648. The van der Waals surface area contributed by atoms with Crippen LogP contribution >= 0.6 is 0 Å². The Morgan fingerprint density at radius 1 is 1.21 bits per heavy atom. The fourth-order valence-corrected chi connectivity index (χ4v) is 3.15. The third-order valence-electron chi connectivity index (χ3n) is 2.85. The van der Waals surface area contributed by atoms with Gasteiger partial charge in [0.2, 0.25) is 0 Å². The van der Waals surface area contributed by atoms with Gasteiger partial charge in [-0.15, -0.1) is 0 Å². The maximum atomic E-state index is 11.1. The van der Waals surface area contributed by atoms with Crippen LogP contribution in [0.4, 0.5) is 0 Å². The van der Waals surface area contributed by atoms with Crippen molar-refractivity contribution in [1.82, 2.24) is 5.32 Å². The number of unbranched alkanes of at least 4 members (excludes halogenated alkanes) is 3. The van der Waals surface area contributed by atoms with Gasteiger partial charge >= 0.3 is 0 Å². The normalized spacial score (nSPS) is 27.8. The Morgan fingerprint density at radius 3 is 2.57 bits per heavy atom. The van der Waals surface area contributed by atoms with Crippen LogP contribution in [0.2, 0.25) is 0 Å². The van der Waals surface area contributed by atoms with Gasteiger partial charge in [-0.3, -0.25) is 4.21 Å². The molecule has 84 valence electrons. The molecule has 0 saturated carbocycles. The molecule has 0 atom stereocenters. The minimum absolute atomic E-state index is 0.511. The van der Waals surface area contributed by atoms with Crippen molar-refractivity contribution in [3.8, 4) is 0 Å². The van der Waals surface area contributed by atoms with E-state index in [-0.39, 0.29) is 0 Å². The van der Waals surface area contributed by atoms with Crippen molar-refractivity contribution in [3.63, 3.8) is 0 Å². The van der Waals surface area contributed by atoms with Gasteiger partial charge in [0.15, 0.2) is 0 Å². The molecule has 0 amide bonds. The summed E-state index contributed by atoms with van der Waals surface area (Å²) >= 11 is 0. The summed E-state index contributed by atoms with van der Waals surface area (Å²) in [6.07, 6.45) is 7.54. The molecule has 0 spiro atoms. The zero-order chi connectivity index (χ0) is 10.2. The van der Waals surface area contributed by atoms with E-state index < -0.39 is 10.8 Å². The highest BCUT2D eigenvalue weighted by Crippen LogP contribution is 2.09. The fraction of sp³-hybridized carbons (Fsp3) is 1.00. The zero-order valence-electron chi connectivity index (χ0n) is 9.26. The molecule has 1 aliphatic rings. The molecule has 1 heterocycles. The van der Waals surface area contributed by atoms with E-state index >= 15 is 0 Å². The SMILES string of the molecule is CCCCCCNC1CCS(=O)CC1. The number of hydrogen-bond acceptors (Lipinski definition) is 2. The summed E-state index contributed by atoms with van der Waals surface area (Å²) in [7, 11) is -0.511. The van der Waals surface area contributed by atoms with E-state index in [0.717, 1.165) is 30.9 Å². The Balaban J connectivity index is 1.94. The highest BCUT2D eigenvalue weighted by molar-refractivity contribution is 7.85. The Labute approximate surface area is 90.3 Å². The van der Waals surface area contributed by atoms with E-state index in [1.807, 2.05) is 0 Å². The highest BCUT2D eigenvalue weighted by atomic mass is 32.2. The number of hydrogen-bond donors (Lipinski definition) is 1. The van der Waals surface area contributed by atoms with E-state index in [1.165, 1.54) is 25.7 Å². The Hall–Kier alpha value is 0.110. The number of rotatable bonds is 6. The molecule has 0 aromatic carbocycles. The van der Waals surface area contributed by atoms with Crippen molar-refractivity contribution < 1.29 is 4.21 Å². The molecule has 0 aromatic heterocycles. The minimum Gasteiger partial charge on any atom is -0.314 e. The summed E-state index contributed by atoms with van der Waals surface area (Å²) in [5, 5.41) is 3.57. The van der Waals surface area contributed by atoms with Crippen LogP contribution in [0.3, 0.4) is 0 Å². The molecule has 0 unspecified atom stereocenters. The molecule has 2 nitrogen and oxygen atoms in total. The monoisotopic (exact) mass is 217 g/mol. The molecule has 0 radical (unpaired) electrons. The Bertz CT molecular complexity index is 163. The molecule has 0 bridgehead atoms. The lowest BCUT2D eigenvalue weighted by atomic mass is 10.1. The smallest absolute Gasteiger partial charge is 0.0249 e. The largest absolute Gasteiger partial charge is 0.314 e. The van der Waals surface area contributed by atoms with Gasteiger partial charge in [-0.2, -0.15) is 0 Å². The second kappa shape index (κ2) is 7.41. The summed E-state index contributed by atoms with van der Waals surface area (Å²) < 4.78 is 11.1. The predicted molar refractivity (Wildman–Crippen MR) is 63.0 cm³/mol. The zero-order valence-corrected chi connectivity index (χ0v) is 10.1. The molecule has 3 heteroatoms. The lowest BCUT2D eigenvalue weighted by Gasteiger charge is -2.22. The van der Waals surface area contributed by atoms with Crippen LogP contribution in [0.25, 0.3) is 0 Å². The van der Waals surface area contributed by atoms with Crippen LogP contribution in [0.5, 0.6) is 0 Å². The molecule has 0 aromatic rings. The second-order valence-corrected chi connectivity index (χ2v) is 5.83. The minimum atomic E-state index is -0.511. The van der Waals surface area contributed by atoms with Crippen LogP contribution in [0.15, 0.2) is 0 Å². The van der Waals surface area contributed by atoms with Crippen molar-refractivity contribution in [2.45, 2.75) is 51.5 Å². The molecule has 14 heavy (non-hydrogen) atoms. The van der Waals surface area contributed by atoms with Crippen LogP contribution in [-0.2, 0) is 10.8 Å². The van der Waals surface area contributed by atoms with Gasteiger partial charge in [-0.25, -0.2) is 0 Å². The van der Waals surface area contributed by atoms with Gasteiger partial charge in [0, 0.05) is 28.3 Å². The van der Waals surface area contributed by atoms with Gasteiger partial charge in [0.05, 0.1) is 0 Å². The third kappa shape index (κ3) is 5.11. The molecule has 1 aliphatic heterocycles. The topological polar surface area (TPSA) is 29.1 Å². The lowest BCUT2D eigenvalue weighted by Crippen LogP contribution is -2.36. The van der Waals surface area contributed by atoms with Crippen molar-refractivity contribution in [2.75, 3.05) is 18.1 Å². The summed E-state index contributed by atoms with van der Waals surface area (Å²) in [5.74, 6) is 1.82. The summed E-state index contributed by atoms with van der Waals surface area (Å²) in [6.45, 7) is 3.39. The lowest BCUT2D eigenvalue weighted by molar-refractivity contribution is 0.463. The van der Waals surface area contributed by atoms with E-state index in [2.05, 4.69) is 12.2 Å². The van der Waals surface area contributed by atoms with Gasteiger partial charge in [0.25, 0.3) is 0 Å². The first-order chi connectivity index (χ1) is 6.83. The molecular formula is C11H23NOS. The molecule has 1 fully saturated rings. The molecular weight excluding hydrogens is 194 g/mol. The van der Waals surface area contributed by atoms with E-state index in [0.29, 0.717) is 6.04 Å². The summed E-state index contributed by atoms with van der Waals surface area (Å²) in [5.41, 5.74) is 0. The Kier molecular flexibility index (Phi) is 6.45. The molecule has 0 aliphatic carbocycles. The van der Waals surface area contributed by atoms with Crippen molar-refractivity contribution in [2.24, 2.45) is 0 Å². The molecule has 1 N–H and O–H groups in total. The van der Waals surface area contributed by atoms with Crippen molar-refractivity contribution >= 4 is 10.8 Å². The Morgan fingerprint density at radius 2 is 1.93 bits per heavy atom. The molecule has 1 rings (SSSR count). The number of nitrogens with one attached hydrogen (secondary N) is 1. The average molecular weight is 217 g/mol. The summed E-state index contributed by atoms with van der Waals surface area (Å²) in [4.78, 5) is 0. The van der Waals surface area contributed by atoms with Crippen LogP contribution in [-0.4, -0.2) is 28.3 Å². The third-order valence-corrected chi connectivity index (χ3v) is 4.23. The van der Waals surface area contributed by atoms with Crippen molar-refractivity contribution in [3.05, 3.63) is 0 Å². The van der Waals surface area contributed by atoms with Gasteiger partial charge in [-0.1, -0.05) is 26.2 Å². The molecule has 1 saturated heterocycles. The predicted octanol–water partition coefficient (Wildman–Crippen LogP) is 2.07. The van der Waals surface area contributed by atoms with Gasteiger partial charge in [0.1, 0.15) is 0 Å². The highest BCUT2D eigenvalue weighted by Gasteiger charge is 2.16. The maximum Gasteiger partial charge on any atom is 0.0249 e. The van der Waals surface area contributed by atoms with Crippen LogP contribution in [0, 0.1) is 0 Å². The average Bonchev–Trinajstić information content (AvgIpc) is 2.21. The second-order valence-electron chi connectivity index (χ2n) is 4.14. The first-order valence-electron chi connectivity index (χ1n) is 5.91. The van der Waals surface area contributed by atoms with Gasteiger partial charge in [-0.05, 0) is 25.8 Å². The van der Waals surface area contributed by atoms with Crippen LogP contribution < -0.4 is 5.32 Å². The van der Waals surface area contributed by atoms with E-state index in [1.54, 1.807) is 0 Å². The first-order valence-corrected chi connectivity index (χ1v) is 7.40. The maximum absolute atomic E-state index is 11.1. The van der Waals surface area contributed by atoms with E-state index in [9.17, 15) is 4.21 Å². The van der Waals surface area contributed by atoms with Crippen molar-refractivity contribution in [1.29, 1.82) is 0 Å². The van der Waals surface area contributed by atoms with Gasteiger partial charge < -0.3 is 5.32 Å². The first kappa shape index (κ1) is 12.2. The standard InChI is InChI=1S/C11H23NOS/c1-2-3-4-5-8-12-11-6-9-14(13)10-7-11/h11-12H,2-10H2,1H3.